The van der Waals surface area contributed by atoms with E-state index in [-0.39, 0.29) is 6.04 Å². The standard InChI is InChI=1S/C8H11F3N2O/c9-8(10,11)1-6(14)13-7-4-2-12-3-5(4)7/h4-5,7,12H,1-3H2,(H,13,14). The second-order valence-electron chi connectivity index (χ2n) is 3.87. The summed E-state index contributed by atoms with van der Waals surface area (Å²) < 4.78 is 35.4. The van der Waals surface area contributed by atoms with Crippen LogP contribution in [-0.2, 0) is 4.79 Å². The molecule has 80 valence electrons. The summed E-state index contributed by atoms with van der Waals surface area (Å²) in [6.45, 7) is 1.61. The summed E-state index contributed by atoms with van der Waals surface area (Å²) in [4.78, 5) is 10.9. The van der Waals surface area contributed by atoms with Gasteiger partial charge in [-0.1, -0.05) is 0 Å². The maximum atomic E-state index is 11.8. The van der Waals surface area contributed by atoms with E-state index >= 15 is 0 Å². The Morgan fingerprint density at radius 2 is 1.93 bits per heavy atom. The second-order valence-corrected chi connectivity index (χ2v) is 3.87. The van der Waals surface area contributed by atoms with Crippen molar-refractivity contribution < 1.29 is 18.0 Å². The van der Waals surface area contributed by atoms with Crippen LogP contribution in [0.15, 0.2) is 0 Å². The highest BCUT2D eigenvalue weighted by Crippen LogP contribution is 2.41. The van der Waals surface area contributed by atoms with Gasteiger partial charge in [-0.15, -0.1) is 0 Å². The Morgan fingerprint density at radius 3 is 2.43 bits per heavy atom. The molecule has 1 saturated heterocycles. The first kappa shape index (κ1) is 9.76. The summed E-state index contributed by atoms with van der Waals surface area (Å²) in [5.41, 5.74) is 0. The number of rotatable bonds is 2. The number of piperidine rings is 1. The zero-order chi connectivity index (χ0) is 10.3. The van der Waals surface area contributed by atoms with E-state index in [4.69, 9.17) is 0 Å². The summed E-state index contributed by atoms with van der Waals surface area (Å²) in [5.74, 6) is -0.198. The molecule has 2 N–H and O–H groups in total. The highest BCUT2D eigenvalue weighted by Gasteiger charge is 2.53. The number of alkyl halides is 3. The Hall–Kier alpha value is -0.780. The molecule has 1 aliphatic heterocycles. The smallest absolute Gasteiger partial charge is 0.352 e. The molecule has 2 unspecified atom stereocenters. The average molecular weight is 208 g/mol. The molecule has 3 nitrogen and oxygen atoms in total. The van der Waals surface area contributed by atoms with E-state index in [1.54, 1.807) is 0 Å². The molecule has 1 amide bonds. The molecular formula is C8H11F3N2O. The Kier molecular flexibility index (Phi) is 2.17. The van der Waals surface area contributed by atoms with Gasteiger partial charge in [-0.05, 0) is 11.8 Å². The van der Waals surface area contributed by atoms with Crippen molar-refractivity contribution >= 4 is 5.91 Å². The van der Waals surface area contributed by atoms with Crippen LogP contribution in [0.5, 0.6) is 0 Å². The van der Waals surface area contributed by atoms with Gasteiger partial charge in [-0.25, -0.2) is 0 Å². The van der Waals surface area contributed by atoms with Gasteiger partial charge in [-0.2, -0.15) is 13.2 Å². The number of carbonyl (C=O) groups is 1. The van der Waals surface area contributed by atoms with E-state index in [0.29, 0.717) is 11.8 Å². The fourth-order valence-electron chi connectivity index (χ4n) is 2.05. The van der Waals surface area contributed by atoms with Crippen molar-refractivity contribution in [3.05, 3.63) is 0 Å². The van der Waals surface area contributed by atoms with Crippen molar-refractivity contribution in [3.8, 4) is 0 Å². The Bertz CT molecular complexity index is 243. The normalized spacial score (nSPS) is 35.2. The first-order valence-electron chi connectivity index (χ1n) is 4.54. The molecule has 14 heavy (non-hydrogen) atoms. The van der Waals surface area contributed by atoms with Crippen LogP contribution in [0.25, 0.3) is 0 Å². The van der Waals surface area contributed by atoms with Crippen molar-refractivity contribution in [1.82, 2.24) is 10.6 Å². The van der Waals surface area contributed by atoms with Crippen LogP contribution >= 0.6 is 0 Å². The molecule has 2 atom stereocenters. The van der Waals surface area contributed by atoms with Crippen LogP contribution < -0.4 is 10.6 Å². The molecule has 1 aliphatic carbocycles. The van der Waals surface area contributed by atoms with E-state index in [9.17, 15) is 18.0 Å². The Morgan fingerprint density at radius 1 is 1.36 bits per heavy atom. The van der Waals surface area contributed by atoms with Gasteiger partial charge in [0.25, 0.3) is 0 Å². The van der Waals surface area contributed by atoms with E-state index in [1.807, 2.05) is 0 Å². The zero-order valence-electron chi connectivity index (χ0n) is 7.40. The Balaban J connectivity index is 1.74. The SMILES string of the molecule is O=C(CC(F)(F)F)NC1C2CNCC21. The molecule has 1 heterocycles. The first-order valence-corrected chi connectivity index (χ1v) is 4.54. The second kappa shape index (κ2) is 3.12. The molecule has 0 aromatic carbocycles. The summed E-state index contributed by atoms with van der Waals surface area (Å²) in [5, 5.41) is 5.51. The third-order valence-electron chi connectivity index (χ3n) is 2.78. The average Bonchev–Trinajstić information content (AvgIpc) is 2.50. The molecular weight excluding hydrogens is 197 g/mol. The highest BCUT2D eigenvalue weighted by molar-refractivity contribution is 5.77. The summed E-state index contributed by atoms with van der Waals surface area (Å²) in [7, 11) is 0. The number of fused-ring (bicyclic) bond motifs is 1. The molecule has 0 aromatic heterocycles. The number of hydrogen-bond acceptors (Lipinski definition) is 2. The lowest BCUT2D eigenvalue weighted by molar-refractivity contribution is -0.153. The fraction of sp³-hybridized carbons (Fsp3) is 0.875. The monoisotopic (exact) mass is 208 g/mol. The fourth-order valence-corrected chi connectivity index (χ4v) is 2.05. The zero-order valence-corrected chi connectivity index (χ0v) is 7.40. The third-order valence-corrected chi connectivity index (χ3v) is 2.78. The molecule has 0 aromatic rings. The number of carbonyl (C=O) groups excluding carboxylic acids is 1. The largest absolute Gasteiger partial charge is 0.397 e. The molecule has 2 rings (SSSR count). The summed E-state index contributed by atoms with van der Waals surface area (Å²) in [6.07, 6.45) is -5.76. The van der Waals surface area contributed by atoms with Gasteiger partial charge in [0, 0.05) is 19.1 Å². The van der Waals surface area contributed by atoms with Crippen LogP contribution in [0.3, 0.4) is 0 Å². The van der Waals surface area contributed by atoms with Crippen molar-refractivity contribution in [1.29, 1.82) is 0 Å². The molecule has 6 heteroatoms. The lowest BCUT2D eigenvalue weighted by atomic mass is 10.3. The lowest BCUT2D eigenvalue weighted by Gasteiger charge is -2.09. The van der Waals surface area contributed by atoms with Crippen LogP contribution in [0, 0.1) is 11.8 Å². The van der Waals surface area contributed by atoms with Crippen LogP contribution in [0.1, 0.15) is 6.42 Å². The van der Waals surface area contributed by atoms with Crippen molar-refractivity contribution in [2.75, 3.05) is 13.1 Å². The predicted molar refractivity (Wildman–Crippen MR) is 42.5 cm³/mol. The number of nitrogens with one attached hydrogen (secondary N) is 2. The van der Waals surface area contributed by atoms with E-state index in [0.717, 1.165) is 13.1 Å². The quantitative estimate of drug-likeness (QED) is 0.684. The summed E-state index contributed by atoms with van der Waals surface area (Å²) >= 11 is 0. The van der Waals surface area contributed by atoms with Crippen molar-refractivity contribution in [2.45, 2.75) is 18.6 Å². The first-order chi connectivity index (χ1) is 6.47. The minimum absolute atomic E-state index is 0.0221. The van der Waals surface area contributed by atoms with Gasteiger partial charge < -0.3 is 10.6 Å². The van der Waals surface area contributed by atoms with Gasteiger partial charge in [0.05, 0.1) is 0 Å². The molecule has 0 spiro atoms. The number of amides is 1. The third kappa shape index (κ3) is 2.00. The van der Waals surface area contributed by atoms with E-state index in [1.165, 1.54) is 0 Å². The van der Waals surface area contributed by atoms with E-state index < -0.39 is 18.5 Å². The maximum absolute atomic E-state index is 11.8. The van der Waals surface area contributed by atoms with Gasteiger partial charge >= 0.3 is 6.18 Å². The van der Waals surface area contributed by atoms with E-state index in [2.05, 4.69) is 10.6 Å². The minimum Gasteiger partial charge on any atom is -0.352 e. The molecule has 2 fully saturated rings. The predicted octanol–water partition coefficient (Wildman–Crippen LogP) is 0.273. The Labute approximate surface area is 79.0 Å². The van der Waals surface area contributed by atoms with Crippen LogP contribution in [-0.4, -0.2) is 31.2 Å². The maximum Gasteiger partial charge on any atom is 0.397 e. The van der Waals surface area contributed by atoms with Crippen LogP contribution in [0.4, 0.5) is 13.2 Å². The van der Waals surface area contributed by atoms with Crippen molar-refractivity contribution in [2.24, 2.45) is 11.8 Å². The minimum atomic E-state index is -4.40. The lowest BCUT2D eigenvalue weighted by Crippen LogP contribution is -2.34. The highest BCUT2D eigenvalue weighted by atomic mass is 19.4. The molecule has 2 aliphatic rings. The van der Waals surface area contributed by atoms with Crippen LogP contribution in [0.2, 0.25) is 0 Å². The van der Waals surface area contributed by atoms with Gasteiger partial charge in [0.2, 0.25) is 5.91 Å². The molecule has 1 saturated carbocycles. The summed E-state index contributed by atoms with van der Waals surface area (Å²) in [6, 6.07) is -0.0221. The molecule has 0 radical (unpaired) electrons. The van der Waals surface area contributed by atoms with Crippen molar-refractivity contribution in [3.63, 3.8) is 0 Å². The topological polar surface area (TPSA) is 41.1 Å². The van der Waals surface area contributed by atoms with Gasteiger partial charge in [-0.3, -0.25) is 4.79 Å². The number of hydrogen-bond donors (Lipinski definition) is 2. The van der Waals surface area contributed by atoms with Gasteiger partial charge in [0.15, 0.2) is 0 Å². The van der Waals surface area contributed by atoms with Gasteiger partial charge in [0.1, 0.15) is 6.42 Å². The number of halogens is 3. The molecule has 0 bridgehead atoms.